The zero-order valence-electron chi connectivity index (χ0n) is 21.9. The smallest absolute Gasteiger partial charge is 0.352 e. The highest BCUT2D eigenvalue weighted by molar-refractivity contribution is 9.10. The second kappa shape index (κ2) is 12.6. The molecular formula is C31H30BrClF3N3O. The molecule has 40 heavy (non-hydrogen) atoms. The molecule has 4 nitrogen and oxygen atoms in total. The molecule has 9 heteroatoms. The topological polar surface area (TPSA) is 37.3 Å². The maximum atomic E-state index is 14.2. The lowest BCUT2D eigenvalue weighted by Gasteiger charge is -2.38. The van der Waals surface area contributed by atoms with Crippen LogP contribution >= 0.6 is 28.3 Å². The van der Waals surface area contributed by atoms with Crippen LogP contribution in [0.15, 0.2) is 95.5 Å². The van der Waals surface area contributed by atoms with E-state index in [-0.39, 0.29) is 36.0 Å². The number of benzene rings is 3. The number of rotatable bonds is 6. The van der Waals surface area contributed by atoms with E-state index in [2.05, 4.69) is 26.1 Å². The van der Waals surface area contributed by atoms with Crippen molar-refractivity contribution in [1.29, 1.82) is 0 Å². The third kappa shape index (κ3) is 6.45. The molecule has 2 unspecified atom stereocenters. The number of likely N-dealkylation sites (tertiary alicyclic amines) is 1. The summed E-state index contributed by atoms with van der Waals surface area (Å²) in [6.45, 7) is 1.29. The maximum absolute atomic E-state index is 14.2. The highest BCUT2D eigenvalue weighted by atomic mass is 79.9. The van der Waals surface area contributed by atoms with E-state index in [4.69, 9.17) is 0 Å². The van der Waals surface area contributed by atoms with Crippen LogP contribution in [-0.2, 0) is 6.18 Å². The summed E-state index contributed by atoms with van der Waals surface area (Å²) < 4.78 is 45.2. The summed E-state index contributed by atoms with van der Waals surface area (Å²) in [5.41, 5.74) is 2.36. The van der Waals surface area contributed by atoms with Crippen molar-refractivity contribution in [3.63, 3.8) is 0 Å². The van der Waals surface area contributed by atoms with Crippen molar-refractivity contribution in [3.8, 4) is 16.9 Å². The van der Waals surface area contributed by atoms with Crippen LogP contribution in [-0.4, -0.2) is 35.5 Å². The Morgan fingerprint density at radius 3 is 2.33 bits per heavy atom. The molecule has 0 saturated carbocycles. The van der Waals surface area contributed by atoms with Gasteiger partial charge in [-0.25, -0.2) is 0 Å². The molecular weight excluding hydrogens is 603 g/mol. The minimum Gasteiger partial charge on any atom is -0.352 e. The second-order valence-electron chi connectivity index (χ2n) is 9.96. The Kier molecular flexibility index (Phi) is 9.44. The second-order valence-corrected chi connectivity index (χ2v) is 10.9. The first-order valence-corrected chi connectivity index (χ1v) is 13.7. The molecule has 0 radical (unpaired) electrons. The predicted molar refractivity (Wildman–Crippen MR) is 158 cm³/mol. The Morgan fingerprint density at radius 1 is 0.950 bits per heavy atom. The van der Waals surface area contributed by atoms with E-state index in [0.717, 1.165) is 34.8 Å². The maximum Gasteiger partial charge on any atom is 0.418 e. The quantitative estimate of drug-likeness (QED) is 0.233. The van der Waals surface area contributed by atoms with Crippen molar-refractivity contribution in [2.75, 3.05) is 20.1 Å². The first kappa shape index (κ1) is 29.9. The fourth-order valence-corrected chi connectivity index (χ4v) is 5.62. The predicted octanol–water partition coefficient (Wildman–Crippen LogP) is 8.16. The van der Waals surface area contributed by atoms with E-state index in [1.54, 1.807) is 22.8 Å². The molecule has 0 aliphatic carbocycles. The Bertz CT molecular complexity index is 1440. The third-order valence-corrected chi connectivity index (χ3v) is 7.94. The number of hydrogen-bond acceptors (Lipinski definition) is 2. The summed E-state index contributed by atoms with van der Waals surface area (Å²) in [5.74, 6) is 0.0716. The molecule has 210 valence electrons. The van der Waals surface area contributed by atoms with Crippen LogP contribution in [0.1, 0.15) is 40.5 Å². The van der Waals surface area contributed by atoms with Crippen LogP contribution in [0.5, 0.6) is 0 Å². The van der Waals surface area contributed by atoms with Crippen molar-refractivity contribution in [2.24, 2.45) is 5.92 Å². The van der Waals surface area contributed by atoms with Crippen molar-refractivity contribution in [3.05, 3.63) is 112 Å². The lowest BCUT2D eigenvalue weighted by atomic mass is 9.89. The number of aromatic nitrogens is 1. The molecule has 4 aromatic rings. The average molecular weight is 633 g/mol. The number of para-hydroxylation sites is 1. The number of nitrogens with zero attached hydrogens (tertiary/aromatic N) is 2. The number of carbonyl (C=O) groups excluding carboxylic acids is 1. The van der Waals surface area contributed by atoms with Gasteiger partial charge in [-0.3, -0.25) is 9.69 Å². The van der Waals surface area contributed by atoms with Gasteiger partial charge < -0.3 is 9.88 Å². The summed E-state index contributed by atoms with van der Waals surface area (Å²) in [6.07, 6.45) is -2.90. The van der Waals surface area contributed by atoms with Gasteiger partial charge in [-0.2, -0.15) is 13.2 Å². The van der Waals surface area contributed by atoms with Crippen molar-refractivity contribution >= 4 is 34.2 Å². The normalized spacial score (nSPS) is 17.7. The van der Waals surface area contributed by atoms with Gasteiger partial charge in [0.05, 0.1) is 23.0 Å². The van der Waals surface area contributed by atoms with Crippen LogP contribution in [0.4, 0.5) is 13.2 Å². The molecule has 2 atom stereocenters. The number of piperidine rings is 1. The van der Waals surface area contributed by atoms with Gasteiger partial charge in [0.25, 0.3) is 5.91 Å². The fourth-order valence-electron chi connectivity index (χ4n) is 5.35. The monoisotopic (exact) mass is 631 g/mol. The molecule has 1 aliphatic rings. The number of halogens is 5. The molecule has 1 saturated heterocycles. The summed E-state index contributed by atoms with van der Waals surface area (Å²) in [7, 11) is 2.01. The fraction of sp³-hybridized carbons (Fsp3) is 0.258. The van der Waals surface area contributed by atoms with Gasteiger partial charge in [-0.15, -0.1) is 12.4 Å². The number of hydrogen-bond donors (Lipinski definition) is 1. The van der Waals surface area contributed by atoms with Gasteiger partial charge in [0.15, 0.2) is 0 Å². The van der Waals surface area contributed by atoms with Crippen molar-refractivity contribution in [2.45, 2.75) is 25.1 Å². The van der Waals surface area contributed by atoms with Gasteiger partial charge in [0.2, 0.25) is 0 Å². The molecule has 0 bridgehead atoms. The van der Waals surface area contributed by atoms with Crippen molar-refractivity contribution < 1.29 is 18.0 Å². The first-order chi connectivity index (χ1) is 18.7. The summed E-state index contributed by atoms with van der Waals surface area (Å²) in [4.78, 5) is 14.8. The van der Waals surface area contributed by atoms with Gasteiger partial charge in [0.1, 0.15) is 0 Å². The van der Waals surface area contributed by atoms with E-state index in [1.165, 1.54) is 12.1 Å². The molecule has 0 spiro atoms. The van der Waals surface area contributed by atoms with Crippen LogP contribution < -0.4 is 5.32 Å². The van der Waals surface area contributed by atoms with Gasteiger partial charge in [0, 0.05) is 22.3 Å². The summed E-state index contributed by atoms with van der Waals surface area (Å²) >= 11 is 3.45. The lowest BCUT2D eigenvalue weighted by Crippen LogP contribution is -2.39. The van der Waals surface area contributed by atoms with Crippen LogP contribution in [0, 0.1) is 5.92 Å². The SMILES string of the molecule is CN1CCC(CNC(=O)c2ccccc2)CC1c1ccc(-c2ccc(Br)cc2)n1-c1ccccc1C(F)(F)F.Cl. The standard InChI is InChI=1S/C31H29BrF3N3O.ClH/c1-37-18-17-21(20-36-30(39)23-7-3-2-4-8-23)19-29(37)28-16-15-26(22-11-13-24(32)14-12-22)38(28)27-10-6-5-9-25(27)31(33,34)35;/h2-16,21,29H,17-20H2,1H3,(H,36,39);1H. The minimum atomic E-state index is -4.50. The van der Waals surface area contributed by atoms with Crippen molar-refractivity contribution in [1.82, 2.24) is 14.8 Å². The highest BCUT2D eigenvalue weighted by Crippen LogP contribution is 2.41. The summed E-state index contributed by atoms with van der Waals surface area (Å²) in [6, 6.07) is 26.1. The van der Waals surface area contributed by atoms with E-state index in [1.807, 2.05) is 61.6 Å². The number of carbonyl (C=O) groups is 1. The Morgan fingerprint density at radius 2 is 1.62 bits per heavy atom. The molecule has 1 amide bonds. The van der Waals surface area contributed by atoms with Crippen LogP contribution in [0.25, 0.3) is 16.9 Å². The average Bonchev–Trinajstić information content (AvgIpc) is 3.37. The Labute approximate surface area is 246 Å². The minimum absolute atomic E-state index is 0. The zero-order chi connectivity index (χ0) is 27.6. The zero-order valence-corrected chi connectivity index (χ0v) is 24.3. The Balaban J connectivity index is 0.00000370. The lowest BCUT2D eigenvalue weighted by molar-refractivity contribution is -0.137. The largest absolute Gasteiger partial charge is 0.418 e. The van der Waals surface area contributed by atoms with E-state index in [9.17, 15) is 18.0 Å². The van der Waals surface area contributed by atoms with Gasteiger partial charge in [-0.05, 0) is 86.4 Å². The van der Waals surface area contributed by atoms with Crippen LogP contribution in [0.2, 0.25) is 0 Å². The van der Waals surface area contributed by atoms with E-state index < -0.39 is 11.7 Å². The number of amides is 1. The molecule has 1 aliphatic heterocycles. The molecule has 2 heterocycles. The number of nitrogens with one attached hydrogen (secondary N) is 1. The molecule has 1 fully saturated rings. The summed E-state index contributed by atoms with van der Waals surface area (Å²) in [5, 5.41) is 3.05. The first-order valence-electron chi connectivity index (χ1n) is 12.9. The highest BCUT2D eigenvalue weighted by Gasteiger charge is 2.36. The van der Waals surface area contributed by atoms with Crippen LogP contribution in [0.3, 0.4) is 0 Å². The van der Waals surface area contributed by atoms with Gasteiger partial charge in [-0.1, -0.05) is 58.4 Å². The third-order valence-electron chi connectivity index (χ3n) is 7.41. The Hall–Kier alpha value is -3.07. The van der Waals surface area contributed by atoms with E-state index in [0.29, 0.717) is 24.2 Å². The molecule has 1 aromatic heterocycles. The number of alkyl halides is 3. The molecule has 5 rings (SSSR count). The van der Waals surface area contributed by atoms with Gasteiger partial charge >= 0.3 is 6.18 Å². The molecule has 1 N–H and O–H groups in total. The molecule has 3 aromatic carbocycles. The van der Waals surface area contributed by atoms with E-state index >= 15 is 0 Å².